The van der Waals surface area contributed by atoms with Crippen LogP contribution in [0.15, 0.2) is 94.7 Å². The maximum Gasteiger partial charge on any atom is 0.407 e. The van der Waals surface area contributed by atoms with E-state index in [2.05, 4.69) is 20.8 Å². The van der Waals surface area contributed by atoms with Crippen LogP contribution < -0.4 is 24.4 Å². The van der Waals surface area contributed by atoms with Crippen LogP contribution in [0.3, 0.4) is 0 Å². The van der Waals surface area contributed by atoms with Crippen molar-refractivity contribution in [1.29, 1.82) is 0 Å². The SMILES string of the molecule is COc1ccc(CN(Cc2ccc(OC)cc2)S(=O)(=O)c2c(S(=O)O)ccc(N3CCC(CNC(=O)OC(C)(C)C)CC3)c2-c2nnnn2Cc2ccc(OC)cc2)cc1. The van der Waals surface area contributed by atoms with Gasteiger partial charge < -0.3 is 33.7 Å². The molecule has 1 aliphatic rings. The summed E-state index contributed by atoms with van der Waals surface area (Å²) in [5.41, 5.74) is 2.05. The molecule has 1 fully saturated rings. The number of carbonyl (C=O) groups excluding carboxylic acids is 1. The quantitative estimate of drug-likeness (QED) is 0.108. The lowest BCUT2D eigenvalue weighted by Crippen LogP contribution is -2.40. The van der Waals surface area contributed by atoms with Crippen molar-refractivity contribution < 1.29 is 40.9 Å². The molecule has 5 aromatic rings. The van der Waals surface area contributed by atoms with Gasteiger partial charge in [0.1, 0.15) is 27.7 Å². The molecule has 2 heterocycles. The lowest BCUT2D eigenvalue weighted by Gasteiger charge is -2.35. The first kappa shape index (κ1) is 44.0. The smallest absolute Gasteiger partial charge is 0.407 e. The highest BCUT2D eigenvalue weighted by Gasteiger charge is 2.37. The predicted octanol–water partition coefficient (Wildman–Crippen LogP) is 6.13. The maximum absolute atomic E-state index is 15.6. The van der Waals surface area contributed by atoms with Crippen molar-refractivity contribution in [2.45, 2.75) is 68.6 Å². The van der Waals surface area contributed by atoms with Crippen LogP contribution >= 0.6 is 0 Å². The number of tetrazole rings is 1. The standard InChI is InChI=1S/C42H51N7O9S2/c1-42(2,3)58-41(50)43-25-29-21-23-47(24-22-29)36-19-20-37(59(51)52)39(38(36)40-44-45-46-49(40)28-32-11-17-35(57-6)18-12-32)60(53,54)48(26-30-7-13-33(55-4)14-8-30)27-31-9-15-34(56-5)16-10-31/h7-20,29H,21-28H2,1-6H3,(H,43,50)(H,51,52). The average Bonchev–Trinajstić information content (AvgIpc) is 3.70. The van der Waals surface area contributed by atoms with Crippen LogP contribution in [0.25, 0.3) is 11.4 Å². The summed E-state index contributed by atoms with van der Waals surface area (Å²) in [4.78, 5) is 13.8. The highest BCUT2D eigenvalue weighted by atomic mass is 32.2. The van der Waals surface area contributed by atoms with E-state index in [1.165, 1.54) is 15.1 Å². The molecule has 1 aliphatic heterocycles. The van der Waals surface area contributed by atoms with E-state index >= 15 is 8.42 Å². The van der Waals surface area contributed by atoms with Gasteiger partial charge in [-0.15, -0.1) is 5.10 Å². The summed E-state index contributed by atoms with van der Waals surface area (Å²) in [6, 6.07) is 24.4. The Morgan fingerprint density at radius 1 is 0.833 bits per heavy atom. The third-order valence-corrected chi connectivity index (χ3v) is 12.8. The van der Waals surface area contributed by atoms with E-state index in [1.54, 1.807) is 109 Å². The molecule has 1 amide bonds. The molecule has 0 saturated carbocycles. The van der Waals surface area contributed by atoms with Crippen LogP contribution in [0.4, 0.5) is 10.5 Å². The summed E-state index contributed by atoms with van der Waals surface area (Å²) in [5.74, 6) is 2.07. The van der Waals surface area contributed by atoms with Crippen molar-refractivity contribution in [2.24, 2.45) is 5.92 Å². The normalized spacial score (nSPS) is 14.2. The number of hydrogen-bond donors (Lipinski definition) is 2. The summed E-state index contributed by atoms with van der Waals surface area (Å²) in [5, 5.41) is 15.6. The van der Waals surface area contributed by atoms with Crippen molar-refractivity contribution >= 4 is 32.9 Å². The highest BCUT2D eigenvalue weighted by molar-refractivity contribution is 7.90. The number of amides is 1. The van der Waals surface area contributed by atoms with Crippen molar-refractivity contribution in [3.8, 4) is 28.6 Å². The number of aromatic nitrogens is 4. The molecule has 16 nitrogen and oxygen atoms in total. The maximum atomic E-state index is 15.6. The molecular formula is C42H51N7O9S2. The van der Waals surface area contributed by atoms with E-state index in [0.717, 1.165) is 5.56 Å². The van der Waals surface area contributed by atoms with Crippen LogP contribution in [0.2, 0.25) is 0 Å². The summed E-state index contributed by atoms with van der Waals surface area (Å²) in [6.45, 7) is 6.75. The zero-order valence-electron chi connectivity index (χ0n) is 34.5. The molecule has 6 rings (SSSR count). The minimum Gasteiger partial charge on any atom is -0.497 e. The number of alkyl carbamates (subject to hydrolysis) is 1. The Hall–Kier alpha value is -5.56. The van der Waals surface area contributed by atoms with Crippen LogP contribution in [-0.4, -0.2) is 94.3 Å². The molecular weight excluding hydrogens is 811 g/mol. The van der Waals surface area contributed by atoms with Crippen LogP contribution in [-0.2, 0) is 45.5 Å². The number of anilines is 1. The highest BCUT2D eigenvalue weighted by Crippen LogP contribution is 2.42. The van der Waals surface area contributed by atoms with Gasteiger partial charge in [-0.05, 0) is 115 Å². The van der Waals surface area contributed by atoms with E-state index in [0.29, 0.717) is 66.5 Å². The van der Waals surface area contributed by atoms with Crippen molar-refractivity contribution in [3.05, 3.63) is 102 Å². The molecule has 4 aromatic carbocycles. The molecule has 60 heavy (non-hydrogen) atoms. The predicted molar refractivity (Wildman–Crippen MR) is 226 cm³/mol. The molecule has 320 valence electrons. The number of methoxy groups -OCH3 is 3. The number of nitrogens with one attached hydrogen (secondary N) is 1. The van der Waals surface area contributed by atoms with E-state index in [9.17, 15) is 13.6 Å². The zero-order chi connectivity index (χ0) is 43.0. The molecule has 1 aromatic heterocycles. The van der Waals surface area contributed by atoms with Gasteiger partial charge in [0.05, 0.1) is 38.3 Å². The Balaban J connectivity index is 1.47. The third kappa shape index (κ3) is 10.8. The second kappa shape index (κ2) is 19.2. The lowest BCUT2D eigenvalue weighted by atomic mass is 9.95. The zero-order valence-corrected chi connectivity index (χ0v) is 36.2. The summed E-state index contributed by atoms with van der Waals surface area (Å²) in [6.07, 6.45) is 0.818. The van der Waals surface area contributed by atoms with Crippen molar-refractivity contribution in [1.82, 2.24) is 29.8 Å². The monoisotopic (exact) mass is 861 g/mol. The number of hydrogen-bond acceptors (Lipinski definition) is 12. The topological polar surface area (TPSA) is 188 Å². The van der Waals surface area contributed by atoms with Crippen LogP contribution in [0, 0.1) is 5.92 Å². The van der Waals surface area contributed by atoms with Gasteiger partial charge in [-0.1, -0.05) is 36.4 Å². The number of piperidine rings is 1. The van der Waals surface area contributed by atoms with Gasteiger partial charge in [0.25, 0.3) is 0 Å². The van der Waals surface area contributed by atoms with Gasteiger partial charge in [0.15, 0.2) is 16.9 Å². The molecule has 18 heteroatoms. The molecule has 2 N–H and O–H groups in total. The first-order valence-corrected chi connectivity index (χ1v) is 21.9. The molecule has 0 bridgehead atoms. The minimum atomic E-state index is -4.66. The first-order valence-electron chi connectivity index (χ1n) is 19.3. The second-order valence-corrected chi connectivity index (χ2v) is 18.1. The van der Waals surface area contributed by atoms with E-state index in [1.807, 2.05) is 17.0 Å². The van der Waals surface area contributed by atoms with Gasteiger partial charge in [0, 0.05) is 38.4 Å². The Morgan fingerprint density at radius 2 is 1.35 bits per heavy atom. The van der Waals surface area contributed by atoms with Gasteiger partial charge in [-0.3, -0.25) is 0 Å². The number of benzene rings is 4. The number of ether oxygens (including phenoxy) is 4. The molecule has 1 saturated heterocycles. The van der Waals surface area contributed by atoms with Gasteiger partial charge in [0.2, 0.25) is 10.0 Å². The fourth-order valence-electron chi connectivity index (χ4n) is 6.96. The Bertz CT molecular complexity index is 2310. The van der Waals surface area contributed by atoms with Gasteiger partial charge in [-0.2, -0.15) is 4.31 Å². The Labute approximate surface area is 353 Å². The number of carbonyl (C=O) groups is 1. The van der Waals surface area contributed by atoms with Crippen molar-refractivity contribution in [3.63, 3.8) is 0 Å². The van der Waals surface area contributed by atoms with E-state index in [-0.39, 0.29) is 46.7 Å². The number of nitrogens with zero attached hydrogens (tertiary/aromatic N) is 6. The summed E-state index contributed by atoms with van der Waals surface area (Å²) in [7, 11) is 0.00736. The second-order valence-electron chi connectivity index (χ2n) is 15.3. The largest absolute Gasteiger partial charge is 0.497 e. The molecule has 0 spiro atoms. The number of rotatable bonds is 16. The molecule has 0 radical (unpaired) electrons. The summed E-state index contributed by atoms with van der Waals surface area (Å²) < 4.78 is 79.6. The van der Waals surface area contributed by atoms with Crippen LogP contribution in [0.1, 0.15) is 50.3 Å². The van der Waals surface area contributed by atoms with Crippen molar-refractivity contribution in [2.75, 3.05) is 45.9 Å². The number of sulfonamides is 1. The van der Waals surface area contributed by atoms with Crippen LogP contribution in [0.5, 0.6) is 17.2 Å². The summed E-state index contributed by atoms with van der Waals surface area (Å²) >= 11 is -2.76. The van der Waals surface area contributed by atoms with Gasteiger partial charge in [-0.25, -0.2) is 22.1 Å². The first-order chi connectivity index (χ1) is 28.7. The molecule has 1 unspecified atom stereocenters. The fourth-order valence-corrected chi connectivity index (χ4v) is 9.61. The van der Waals surface area contributed by atoms with E-state index < -0.39 is 32.8 Å². The van der Waals surface area contributed by atoms with Gasteiger partial charge >= 0.3 is 6.09 Å². The molecule has 1 atom stereocenters. The Morgan fingerprint density at radius 3 is 1.83 bits per heavy atom. The fraction of sp³-hybridized carbons (Fsp3) is 0.381. The Kier molecular flexibility index (Phi) is 14.1. The van der Waals surface area contributed by atoms with E-state index in [4.69, 9.17) is 18.9 Å². The average molecular weight is 862 g/mol. The molecule has 0 aliphatic carbocycles. The minimum absolute atomic E-state index is 0.0909. The third-order valence-electron chi connectivity index (χ3n) is 10.1. The lowest BCUT2D eigenvalue weighted by molar-refractivity contribution is 0.0516.